The number of nitrogens with zero attached hydrogens (tertiary/aromatic N) is 4. The molecule has 5 heterocycles. The van der Waals surface area contributed by atoms with Crippen LogP contribution in [0.4, 0.5) is 43.9 Å². The fraction of sp³-hybridized carbons (Fsp3) is 0.0370. The van der Waals surface area contributed by atoms with Crippen LogP contribution in [0.5, 0.6) is 11.5 Å². The molecule has 0 unspecified atom stereocenters. The molecule has 0 N–H and O–H groups in total. The molecular weight excluding hydrogens is 992 g/mol. The Morgan fingerprint density at radius 3 is 0.944 bits per heavy atom. The van der Waals surface area contributed by atoms with Gasteiger partial charge in [0.05, 0.1) is 48.1 Å². The molecule has 0 radical (unpaired) electrons. The van der Waals surface area contributed by atoms with E-state index in [1.165, 1.54) is 62.8 Å². The number of fused-ring (bicyclic) bond motifs is 10. The van der Waals surface area contributed by atoms with Gasteiger partial charge in [-0.25, -0.2) is 53.9 Å². The molecule has 346 valence electrons. The number of benzene rings is 6. The van der Waals surface area contributed by atoms with Crippen LogP contribution in [0.3, 0.4) is 0 Å². The summed E-state index contributed by atoms with van der Waals surface area (Å²) in [4.78, 5) is 19.1. The third-order valence-electron chi connectivity index (χ3n) is 12.2. The van der Waals surface area contributed by atoms with Crippen LogP contribution in [-0.4, -0.2) is 24.2 Å². The van der Waals surface area contributed by atoms with Crippen molar-refractivity contribution in [1.29, 1.82) is 0 Å². The number of halogens is 10. The zero-order valence-electron chi connectivity index (χ0n) is 36.6. The normalized spacial score (nSPS) is 12.0. The second-order valence-corrected chi connectivity index (χ2v) is 16.0. The Kier molecular flexibility index (Phi) is 11.7. The number of hydrogen-bond acceptors (Lipinski definition) is 4. The van der Waals surface area contributed by atoms with Crippen LogP contribution in [0.25, 0.3) is 112 Å². The minimum atomic E-state index is -2.39. The van der Waals surface area contributed by atoms with E-state index >= 15 is 35.1 Å². The van der Waals surface area contributed by atoms with Gasteiger partial charge < -0.3 is 19.4 Å². The zero-order chi connectivity index (χ0) is 48.9. The maximum atomic E-state index is 16.2. The van der Waals surface area contributed by atoms with Crippen molar-refractivity contribution in [2.75, 3.05) is 14.2 Å². The summed E-state index contributed by atoms with van der Waals surface area (Å²) in [6, 6.07) is 25.9. The fourth-order valence-electron chi connectivity index (χ4n) is 9.17. The van der Waals surface area contributed by atoms with Gasteiger partial charge in [0, 0.05) is 10.8 Å². The minimum Gasteiger partial charge on any atom is -0.657 e. The van der Waals surface area contributed by atoms with Crippen molar-refractivity contribution in [2.45, 2.75) is 0 Å². The van der Waals surface area contributed by atoms with E-state index in [9.17, 15) is 8.78 Å². The smallest absolute Gasteiger partial charge is 0.657 e. The maximum Gasteiger partial charge on any atom is 2.00 e. The van der Waals surface area contributed by atoms with Gasteiger partial charge in [-0.15, -0.1) is 22.1 Å². The topological polar surface area (TPSA) is 72.4 Å². The van der Waals surface area contributed by atoms with Gasteiger partial charge in [0.1, 0.15) is 11.5 Å². The van der Waals surface area contributed by atoms with Crippen LogP contribution in [0.2, 0.25) is 0 Å². The second-order valence-electron chi connectivity index (χ2n) is 16.0. The zero-order valence-corrected chi connectivity index (χ0v) is 39.6. The van der Waals surface area contributed by atoms with Crippen molar-refractivity contribution >= 4 is 67.9 Å². The van der Waals surface area contributed by atoms with E-state index in [1.807, 2.05) is 0 Å². The molecule has 2 aliphatic rings. The molecule has 11 rings (SSSR count). The molecule has 0 saturated heterocycles. The van der Waals surface area contributed by atoms with Crippen molar-refractivity contribution in [1.82, 2.24) is 19.9 Å². The van der Waals surface area contributed by atoms with E-state index in [1.54, 1.807) is 72.8 Å². The van der Waals surface area contributed by atoms with Crippen molar-refractivity contribution < 1.29 is 72.9 Å². The molecule has 0 spiro atoms. The van der Waals surface area contributed by atoms with E-state index < -0.39 is 80.4 Å². The van der Waals surface area contributed by atoms with Gasteiger partial charge in [-0.1, -0.05) is 84.9 Å². The van der Waals surface area contributed by atoms with E-state index in [-0.39, 0.29) is 75.4 Å². The van der Waals surface area contributed by atoms with E-state index in [0.29, 0.717) is 44.2 Å². The number of ether oxygens (including phenoxy) is 2. The molecule has 6 aromatic carbocycles. The molecule has 0 amide bonds. The Labute approximate surface area is 407 Å². The largest absolute Gasteiger partial charge is 2.00 e. The first-order valence-electron chi connectivity index (χ1n) is 21.0. The first kappa shape index (κ1) is 46.7. The standard InChI is InChI=1S/C54H26F10N4O2.Zn/c1-69-35-13-5-9-23-7-3-11-25(37(23)35)39-27-15-19-31(65-27)41(43-45(55)49(59)53(63)50(60)46(43)56)33-21-17-29(67-33)40(26-12-4-8-24-10-6-14-36(70-2)38(24)26)30-18-22-34(68-30)42(32-20-16-28(39)66-32)44-47(57)51(61)54(64)52(62)48(44)58;/h3-22H,1-2H3;/q-2;+2. The Morgan fingerprint density at radius 2 is 0.620 bits per heavy atom. The van der Waals surface area contributed by atoms with Gasteiger partial charge in [0.2, 0.25) is 11.6 Å². The molecule has 0 atom stereocenters. The second kappa shape index (κ2) is 17.7. The monoisotopic (exact) mass is 1020 g/mol. The fourth-order valence-corrected chi connectivity index (χ4v) is 9.17. The summed E-state index contributed by atoms with van der Waals surface area (Å²) in [7, 11) is 2.84. The Balaban J connectivity index is 0.00000582. The van der Waals surface area contributed by atoms with Crippen LogP contribution in [0.1, 0.15) is 22.8 Å². The average Bonchev–Trinajstić information content (AvgIpc) is 4.24. The van der Waals surface area contributed by atoms with Gasteiger partial charge in [-0.3, -0.25) is 0 Å². The molecule has 17 heteroatoms. The van der Waals surface area contributed by atoms with Crippen molar-refractivity contribution in [3.63, 3.8) is 0 Å². The number of aromatic nitrogens is 4. The predicted molar refractivity (Wildman–Crippen MR) is 246 cm³/mol. The van der Waals surface area contributed by atoms with Crippen LogP contribution in [0, 0.1) is 58.2 Å². The summed E-state index contributed by atoms with van der Waals surface area (Å²) in [5.74, 6) is -21.6. The number of methoxy groups -OCH3 is 2. The van der Waals surface area contributed by atoms with E-state index in [2.05, 4.69) is 0 Å². The predicted octanol–water partition coefficient (Wildman–Crippen LogP) is 14.3. The van der Waals surface area contributed by atoms with Crippen molar-refractivity contribution in [2.24, 2.45) is 0 Å². The molecule has 0 aliphatic carbocycles. The molecular formula is C54H26F10N4O2Zn. The van der Waals surface area contributed by atoms with E-state index in [0.717, 1.165) is 0 Å². The molecule has 3 aromatic heterocycles. The summed E-state index contributed by atoms with van der Waals surface area (Å²) < 4.78 is 167. The van der Waals surface area contributed by atoms with Gasteiger partial charge >= 0.3 is 19.5 Å². The van der Waals surface area contributed by atoms with Gasteiger partial charge in [-0.05, 0) is 80.6 Å². The van der Waals surface area contributed by atoms with Crippen molar-refractivity contribution in [3.8, 4) is 56.0 Å². The van der Waals surface area contributed by atoms with Gasteiger partial charge in [-0.2, -0.15) is 0 Å². The summed E-state index contributed by atoms with van der Waals surface area (Å²) in [6.07, 6.45) is 5.33. The average molecular weight is 1020 g/mol. The third-order valence-corrected chi connectivity index (χ3v) is 12.2. The molecule has 6 nitrogen and oxygen atoms in total. The maximum absolute atomic E-state index is 16.2. The summed E-state index contributed by atoms with van der Waals surface area (Å²) >= 11 is 0. The Morgan fingerprint density at radius 1 is 0.338 bits per heavy atom. The Hall–Kier alpha value is -8.04. The quantitative estimate of drug-likeness (QED) is 0.0715. The Bertz CT molecular complexity index is 3690. The number of rotatable bonds is 6. The molecule has 0 fully saturated rings. The van der Waals surface area contributed by atoms with Gasteiger partial charge in [0.25, 0.3) is 0 Å². The first-order valence-corrected chi connectivity index (χ1v) is 21.0. The molecule has 9 aromatic rings. The molecule has 8 bridgehead atoms. The van der Waals surface area contributed by atoms with Crippen molar-refractivity contribution in [3.05, 3.63) is 178 Å². The minimum absolute atomic E-state index is 0. The molecule has 71 heavy (non-hydrogen) atoms. The van der Waals surface area contributed by atoms with Crippen LogP contribution < -0.4 is 19.4 Å². The van der Waals surface area contributed by atoms with Crippen LogP contribution in [0.15, 0.2) is 97.1 Å². The van der Waals surface area contributed by atoms with Crippen LogP contribution >= 0.6 is 0 Å². The SMILES string of the molecule is COc1cccc2cccc(-c3c4nc(c(-c5c(F)c(F)c(F)c(F)c5F)c5ccc([n-]5)c(-c5cccc6cccc(OC)c56)c5nc(c(-c6c(F)c(F)c(F)c(F)c6F)c6ccc3[n-]6)C=C5)C=C4)c12.[Zn+2]. The van der Waals surface area contributed by atoms with Crippen LogP contribution in [-0.2, 0) is 19.5 Å². The van der Waals surface area contributed by atoms with Gasteiger partial charge in [0.15, 0.2) is 46.5 Å². The third kappa shape index (κ3) is 7.20. The number of hydrogen-bond donors (Lipinski definition) is 0. The molecule has 2 aliphatic heterocycles. The first-order chi connectivity index (χ1) is 33.8. The molecule has 0 saturated carbocycles. The van der Waals surface area contributed by atoms with E-state index in [4.69, 9.17) is 29.4 Å². The summed E-state index contributed by atoms with van der Waals surface area (Å²) in [5.41, 5.74) is -4.24. The summed E-state index contributed by atoms with van der Waals surface area (Å²) in [6.45, 7) is 0. The summed E-state index contributed by atoms with van der Waals surface area (Å²) in [5, 5.41) is 2.24.